The van der Waals surface area contributed by atoms with Crippen molar-refractivity contribution in [2.45, 2.75) is 20.0 Å². The van der Waals surface area contributed by atoms with Gasteiger partial charge >= 0.3 is 0 Å². The van der Waals surface area contributed by atoms with Crippen molar-refractivity contribution >= 4 is 11.3 Å². The molecule has 0 spiro atoms. The molecule has 0 aliphatic heterocycles. The van der Waals surface area contributed by atoms with Crippen LogP contribution in [0, 0.1) is 13.8 Å². The molecule has 0 saturated heterocycles. The quantitative estimate of drug-likeness (QED) is 0.842. The Bertz CT molecular complexity index is 430. The lowest BCUT2D eigenvalue weighted by molar-refractivity contribution is 0.219. The Morgan fingerprint density at radius 1 is 1.20 bits per heavy atom. The molecule has 1 atom stereocenters. The molecule has 1 aromatic carbocycles. The van der Waals surface area contributed by atoms with Crippen molar-refractivity contribution < 1.29 is 5.11 Å². The van der Waals surface area contributed by atoms with Gasteiger partial charge in [0.05, 0.1) is 5.69 Å². The van der Waals surface area contributed by atoms with Crippen molar-refractivity contribution in [3.63, 3.8) is 0 Å². The van der Waals surface area contributed by atoms with Crippen molar-refractivity contribution in [3.8, 4) is 0 Å². The van der Waals surface area contributed by atoms with E-state index in [1.165, 1.54) is 4.88 Å². The number of hydrogen-bond acceptors (Lipinski definition) is 3. The summed E-state index contributed by atoms with van der Waals surface area (Å²) < 4.78 is 0. The first-order valence-corrected chi connectivity index (χ1v) is 5.67. The Morgan fingerprint density at radius 3 is 2.40 bits per heavy atom. The van der Waals surface area contributed by atoms with Crippen LogP contribution in [0.25, 0.3) is 0 Å². The SMILES string of the molecule is Cc1nc(C(O)c2ccccc2)sc1C. The van der Waals surface area contributed by atoms with Gasteiger partial charge in [0.2, 0.25) is 0 Å². The number of aromatic nitrogens is 1. The van der Waals surface area contributed by atoms with E-state index in [2.05, 4.69) is 4.98 Å². The van der Waals surface area contributed by atoms with Crippen molar-refractivity contribution in [1.29, 1.82) is 0 Å². The van der Waals surface area contributed by atoms with Gasteiger partial charge in [0.25, 0.3) is 0 Å². The predicted molar refractivity (Wildman–Crippen MR) is 62.1 cm³/mol. The highest BCUT2D eigenvalue weighted by molar-refractivity contribution is 7.11. The lowest BCUT2D eigenvalue weighted by atomic mass is 10.1. The Balaban J connectivity index is 2.32. The van der Waals surface area contributed by atoms with Gasteiger partial charge in [0.1, 0.15) is 11.1 Å². The number of hydrogen-bond donors (Lipinski definition) is 1. The fraction of sp³-hybridized carbons (Fsp3) is 0.250. The van der Waals surface area contributed by atoms with E-state index in [-0.39, 0.29) is 0 Å². The molecule has 2 nitrogen and oxygen atoms in total. The molecule has 3 heteroatoms. The number of benzene rings is 1. The van der Waals surface area contributed by atoms with Crippen LogP contribution in [0.15, 0.2) is 30.3 Å². The summed E-state index contributed by atoms with van der Waals surface area (Å²) in [5.41, 5.74) is 1.90. The smallest absolute Gasteiger partial charge is 0.131 e. The molecule has 1 heterocycles. The van der Waals surface area contributed by atoms with E-state index >= 15 is 0 Å². The van der Waals surface area contributed by atoms with E-state index in [4.69, 9.17) is 0 Å². The normalized spacial score (nSPS) is 12.7. The van der Waals surface area contributed by atoms with Crippen molar-refractivity contribution in [2.24, 2.45) is 0 Å². The van der Waals surface area contributed by atoms with Gasteiger partial charge in [-0.15, -0.1) is 11.3 Å². The number of aliphatic hydroxyl groups is 1. The topological polar surface area (TPSA) is 33.1 Å². The molecule has 15 heavy (non-hydrogen) atoms. The molecule has 1 unspecified atom stereocenters. The monoisotopic (exact) mass is 219 g/mol. The second kappa shape index (κ2) is 4.13. The standard InChI is InChI=1S/C12H13NOS/c1-8-9(2)15-12(13-8)11(14)10-6-4-3-5-7-10/h3-7,11,14H,1-2H3. The van der Waals surface area contributed by atoms with E-state index in [1.807, 2.05) is 44.2 Å². The summed E-state index contributed by atoms with van der Waals surface area (Å²) >= 11 is 1.56. The molecule has 2 rings (SSSR count). The van der Waals surface area contributed by atoms with Crippen LogP contribution in [0.2, 0.25) is 0 Å². The van der Waals surface area contributed by atoms with Crippen molar-refractivity contribution in [2.75, 3.05) is 0 Å². The van der Waals surface area contributed by atoms with Gasteiger partial charge in [-0.25, -0.2) is 4.98 Å². The highest BCUT2D eigenvalue weighted by Gasteiger charge is 2.14. The minimum atomic E-state index is -0.594. The summed E-state index contributed by atoms with van der Waals surface area (Å²) in [6.45, 7) is 3.99. The maximum absolute atomic E-state index is 10.1. The zero-order chi connectivity index (χ0) is 10.8. The molecule has 0 amide bonds. The summed E-state index contributed by atoms with van der Waals surface area (Å²) in [5, 5.41) is 10.9. The molecule has 2 aromatic rings. The van der Waals surface area contributed by atoms with E-state index < -0.39 is 6.10 Å². The second-order valence-corrected chi connectivity index (χ2v) is 4.74. The van der Waals surface area contributed by atoms with E-state index in [0.29, 0.717) is 0 Å². The van der Waals surface area contributed by atoms with Crippen LogP contribution in [0.3, 0.4) is 0 Å². The zero-order valence-corrected chi connectivity index (χ0v) is 9.58. The van der Waals surface area contributed by atoms with Crippen molar-refractivity contribution in [1.82, 2.24) is 4.98 Å². The molecular formula is C12H13NOS. The summed E-state index contributed by atoms with van der Waals surface area (Å²) in [4.78, 5) is 5.52. The third kappa shape index (κ3) is 2.08. The lowest BCUT2D eigenvalue weighted by Crippen LogP contribution is -1.98. The van der Waals surface area contributed by atoms with Gasteiger partial charge in [-0.3, -0.25) is 0 Å². The van der Waals surface area contributed by atoms with Crippen LogP contribution in [0.5, 0.6) is 0 Å². The average molecular weight is 219 g/mol. The average Bonchev–Trinajstić information content (AvgIpc) is 2.59. The van der Waals surface area contributed by atoms with Gasteiger partial charge in [-0.05, 0) is 19.4 Å². The van der Waals surface area contributed by atoms with Gasteiger partial charge < -0.3 is 5.11 Å². The molecule has 0 aliphatic rings. The van der Waals surface area contributed by atoms with Crippen LogP contribution < -0.4 is 0 Å². The largest absolute Gasteiger partial charge is 0.381 e. The van der Waals surface area contributed by atoms with Gasteiger partial charge in [-0.1, -0.05) is 30.3 Å². The van der Waals surface area contributed by atoms with E-state index in [9.17, 15) is 5.11 Å². The van der Waals surface area contributed by atoms with Crippen LogP contribution in [0.1, 0.15) is 27.2 Å². The van der Waals surface area contributed by atoms with Gasteiger partial charge in [-0.2, -0.15) is 0 Å². The summed E-state index contributed by atoms with van der Waals surface area (Å²) in [6, 6.07) is 9.61. The Labute approximate surface area is 93.2 Å². The minimum absolute atomic E-state index is 0.594. The molecule has 0 radical (unpaired) electrons. The first-order chi connectivity index (χ1) is 7.18. The lowest BCUT2D eigenvalue weighted by Gasteiger charge is -2.06. The van der Waals surface area contributed by atoms with Crippen LogP contribution in [-0.4, -0.2) is 10.1 Å². The fourth-order valence-electron chi connectivity index (χ4n) is 1.39. The second-order valence-electron chi connectivity index (χ2n) is 3.51. The molecule has 78 valence electrons. The summed E-state index contributed by atoms with van der Waals surface area (Å²) in [6.07, 6.45) is -0.594. The van der Waals surface area contributed by atoms with E-state index in [0.717, 1.165) is 16.3 Å². The number of thiazole rings is 1. The number of nitrogens with zero attached hydrogens (tertiary/aromatic N) is 1. The number of aryl methyl sites for hydroxylation is 2. The van der Waals surface area contributed by atoms with E-state index in [1.54, 1.807) is 11.3 Å². The summed E-state index contributed by atoms with van der Waals surface area (Å²) in [5.74, 6) is 0. The summed E-state index contributed by atoms with van der Waals surface area (Å²) in [7, 11) is 0. The molecule has 1 aromatic heterocycles. The predicted octanol–water partition coefficient (Wildman–Crippen LogP) is 2.84. The van der Waals surface area contributed by atoms with Crippen LogP contribution in [-0.2, 0) is 0 Å². The highest BCUT2D eigenvalue weighted by Crippen LogP contribution is 2.27. The highest BCUT2D eigenvalue weighted by atomic mass is 32.1. The molecular weight excluding hydrogens is 206 g/mol. The number of aliphatic hydroxyl groups excluding tert-OH is 1. The zero-order valence-electron chi connectivity index (χ0n) is 8.77. The van der Waals surface area contributed by atoms with Crippen LogP contribution >= 0.6 is 11.3 Å². The fourth-order valence-corrected chi connectivity index (χ4v) is 2.33. The molecule has 0 saturated carbocycles. The molecule has 1 N–H and O–H groups in total. The first kappa shape index (κ1) is 10.3. The maximum Gasteiger partial charge on any atom is 0.131 e. The molecule has 0 bridgehead atoms. The Kier molecular flexibility index (Phi) is 2.84. The minimum Gasteiger partial charge on any atom is -0.381 e. The first-order valence-electron chi connectivity index (χ1n) is 4.85. The van der Waals surface area contributed by atoms with Gasteiger partial charge in [0.15, 0.2) is 0 Å². The third-order valence-electron chi connectivity index (χ3n) is 2.39. The maximum atomic E-state index is 10.1. The Morgan fingerprint density at radius 2 is 1.87 bits per heavy atom. The van der Waals surface area contributed by atoms with Crippen LogP contribution in [0.4, 0.5) is 0 Å². The Hall–Kier alpha value is -1.19. The molecule has 0 fully saturated rings. The van der Waals surface area contributed by atoms with Crippen molar-refractivity contribution in [3.05, 3.63) is 51.5 Å². The number of rotatable bonds is 2. The molecule has 0 aliphatic carbocycles. The third-order valence-corrected chi connectivity index (χ3v) is 3.52. The van der Waals surface area contributed by atoms with Gasteiger partial charge in [0, 0.05) is 4.88 Å².